The molecule has 0 saturated carbocycles. The summed E-state index contributed by atoms with van der Waals surface area (Å²) in [4.78, 5) is 4.33. The Balaban J connectivity index is 2.38. The third kappa shape index (κ3) is 3.57. The highest BCUT2D eigenvalue weighted by molar-refractivity contribution is 5.74. The van der Waals surface area contributed by atoms with Gasteiger partial charge in [-0.15, -0.1) is 0 Å². The minimum absolute atomic E-state index is 0.287. The lowest BCUT2D eigenvalue weighted by atomic mass is 9.87. The highest BCUT2D eigenvalue weighted by Crippen LogP contribution is 2.28. The van der Waals surface area contributed by atoms with Gasteiger partial charge >= 0.3 is 0 Å². The molecule has 1 aromatic heterocycles. The summed E-state index contributed by atoms with van der Waals surface area (Å²) in [5, 5.41) is 0. The van der Waals surface area contributed by atoms with Crippen LogP contribution in [0.3, 0.4) is 0 Å². The lowest BCUT2D eigenvalue weighted by Crippen LogP contribution is -2.09. The van der Waals surface area contributed by atoms with Crippen molar-refractivity contribution in [3.63, 3.8) is 0 Å². The topological polar surface area (TPSA) is 38.9 Å². The van der Waals surface area contributed by atoms with Gasteiger partial charge in [0, 0.05) is 11.3 Å². The molecule has 0 amide bonds. The molecule has 1 aromatic carbocycles. The number of aromatic nitrogens is 1. The van der Waals surface area contributed by atoms with Gasteiger partial charge in [-0.25, -0.2) is 4.98 Å². The van der Waals surface area contributed by atoms with Crippen molar-refractivity contribution in [3.8, 4) is 11.1 Å². The van der Waals surface area contributed by atoms with Crippen molar-refractivity contribution < 1.29 is 0 Å². The summed E-state index contributed by atoms with van der Waals surface area (Å²) in [6, 6.07) is 12.6. The van der Waals surface area contributed by atoms with Crippen molar-refractivity contribution in [2.45, 2.75) is 34.1 Å². The smallest absolute Gasteiger partial charge is 0.131 e. The zero-order chi connectivity index (χ0) is 14.0. The minimum Gasteiger partial charge on any atom is -0.383 e. The molecule has 19 heavy (non-hydrogen) atoms. The molecule has 0 aliphatic carbocycles. The summed E-state index contributed by atoms with van der Waals surface area (Å²) in [5.41, 5.74) is 10.8. The predicted octanol–water partition coefficient (Wildman–Crippen LogP) is 4.23. The van der Waals surface area contributed by atoms with Crippen molar-refractivity contribution in [3.05, 3.63) is 47.7 Å². The van der Waals surface area contributed by atoms with E-state index in [2.05, 4.69) is 50.0 Å². The van der Waals surface area contributed by atoms with Crippen LogP contribution >= 0.6 is 0 Å². The number of aryl methyl sites for hydroxylation is 1. The molecular formula is C17H22N2. The van der Waals surface area contributed by atoms with Gasteiger partial charge in [0.1, 0.15) is 5.82 Å². The maximum atomic E-state index is 6.02. The van der Waals surface area contributed by atoms with Crippen LogP contribution in [0.15, 0.2) is 36.4 Å². The Hall–Kier alpha value is -1.83. The molecule has 2 nitrogen and oxygen atoms in total. The van der Waals surface area contributed by atoms with Crippen LogP contribution in [0.4, 0.5) is 5.82 Å². The van der Waals surface area contributed by atoms with Crippen molar-refractivity contribution >= 4 is 5.82 Å². The summed E-state index contributed by atoms with van der Waals surface area (Å²) in [6.07, 6.45) is 1.06. The fraction of sp³-hybridized carbons (Fsp3) is 0.353. The first kappa shape index (κ1) is 13.6. The van der Waals surface area contributed by atoms with E-state index in [0.29, 0.717) is 5.82 Å². The SMILES string of the molecule is Cc1ccc(-c2cccc(CC(C)(C)C)c2)c(N)n1. The van der Waals surface area contributed by atoms with E-state index in [1.54, 1.807) is 0 Å². The molecule has 0 bridgehead atoms. The lowest BCUT2D eigenvalue weighted by Gasteiger charge is -2.18. The third-order valence-electron chi connectivity index (χ3n) is 3.04. The zero-order valence-corrected chi connectivity index (χ0v) is 12.2. The van der Waals surface area contributed by atoms with E-state index in [-0.39, 0.29) is 5.41 Å². The van der Waals surface area contributed by atoms with Crippen LogP contribution in [0, 0.1) is 12.3 Å². The molecule has 0 fully saturated rings. The van der Waals surface area contributed by atoms with Crippen LogP contribution < -0.4 is 5.73 Å². The second kappa shape index (κ2) is 5.04. The Kier molecular flexibility index (Phi) is 3.61. The highest BCUT2D eigenvalue weighted by atomic mass is 14.8. The molecule has 2 rings (SSSR count). The van der Waals surface area contributed by atoms with Crippen molar-refractivity contribution in [2.75, 3.05) is 5.73 Å². The molecule has 0 saturated heterocycles. The zero-order valence-electron chi connectivity index (χ0n) is 12.2. The Labute approximate surface area is 115 Å². The van der Waals surface area contributed by atoms with Gasteiger partial charge in [-0.1, -0.05) is 45.0 Å². The number of pyridine rings is 1. The van der Waals surface area contributed by atoms with Crippen molar-refractivity contribution in [1.82, 2.24) is 4.98 Å². The molecule has 0 radical (unpaired) electrons. The van der Waals surface area contributed by atoms with E-state index in [1.807, 2.05) is 19.1 Å². The Morgan fingerprint density at radius 2 is 1.84 bits per heavy atom. The molecule has 0 atom stereocenters. The number of rotatable bonds is 2. The standard InChI is InChI=1S/C17H22N2/c1-12-8-9-15(16(18)19-12)14-7-5-6-13(10-14)11-17(2,3)4/h5-10H,11H2,1-4H3,(H2,18,19). The summed E-state index contributed by atoms with van der Waals surface area (Å²) in [7, 11) is 0. The van der Waals surface area contributed by atoms with E-state index in [9.17, 15) is 0 Å². The van der Waals surface area contributed by atoms with Gasteiger partial charge < -0.3 is 5.73 Å². The second-order valence-electron chi connectivity index (χ2n) is 6.32. The summed E-state index contributed by atoms with van der Waals surface area (Å²) >= 11 is 0. The summed E-state index contributed by atoms with van der Waals surface area (Å²) in [5.74, 6) is 0.605. The van der Waals surface area contributed by atoms with Crippen LogP contribution in [-0.2, 0) is 6.42 Å². The number of nitrogens with zero attached hydrogens (tertiary/aromatic N) is 1. The summed E-state index contributed by atoms with van der Waals surface area (Å²) < 4.78 is 0. The monoisotopic (exact) mass is 254 g/mol. The number of hydrogen-bond acceptors (Lipinski definition) is 2. The first-order valence-corrected chi connectivity index (χ1v) is 6.68. The minimum atomic E-state index is 0.287. The fourth-order valence-corrected chi connectivity index (χ4v) is 2.28. The van der Waals surface area contributed by atoms with Gasteiger partial charge in [0.05, 0.1) is 0 Å². The molecule has 2 aromatic rings. The van der Waals surface area contributed by atoms with Gasteiger partial charge in [-0.2, -0.15) is 0 Å². The molecule has 0 unspecified atom stereocenters. The van der Waals surface area contributed by atoms with Crippen LogP contribution in [-0.4, -0.2) is 4.98 Å². The number of nitrogens with two attached hydrogens (primary N) is 1. The third-order valence-corrected chi connectivity index (χ3v) is 3.04. The molecule has 0 aliphatic rings. The van der Waals surface area contributed by atoms with Crippen molar-refractivity contribution in [2.24, 2.45) is 5.41 Å². The van der Waals surface area contributed by atoms with E-state index < -0.39 is 0 Å². The Morgan fingerprint density at radius 3 is 2.47 bits per heavy atom. The van der Waals surface area contributed by atoms with Crippen LogP contribution in [0.5, 0.6) is 0 Å². The first-order chi connectivity index (χ1) is 8.85. The van der Waals surface area contributed by atoms with E-state index in [1.165, 1.54) is 5.56 Å². The second-order valence-corrected chi connectivity index (χ2v) is 6.32. The van der Waals surface area contributed by atoms with Gasteiger partial charge in [-0.3, -0.25) is 0 Å². The maximum absolute atomic E-state index is 6.02. The van der Waals surface area contributed by atoms with Gasteiger partial charge in [0.25, 0.3) is 0 Å². The quantitative estimate of drug-likeness (QED) is 0.871. The average Bonchev–Trinajstić information content (AvgIpc) is 2.26. The molecule has 100 valence electrons. The Morgan fingerprint density at radius 1 is 1.11 bits per heavy atom. The van der Waals surface area contributed by atoms with Gasteiger partial charge in [0.2, 0.25) is 0 Å². The van der Waals surface area contributed by atoms with E-state index >= 15 is 0 Å². The normalized spacial score (nSPS) is 11.6. The highest BCUT2D eigenvalue weighted by Gasteiger charge is 2.12. The van der Waals surface area contributed by atoms with Gasteiger partial charge in [0.15, 0.2) is 0 Å². The molecule has 2 N–H and O–H groups in total. The van der Waals surface area contributed by atoms with Gasteiger partial charge in [-0.05, 0) is 42.0 Å². The lowest BCUT2D eigenvalue weighted by molar-refractivity contribution is 0.411. The predicted molar refractivity (Wildman–Crippen MR) is 82.0 cm³/mol. The van der Waals surface area contributed by atoms with E-state index in [0.717, 1.165) is 23.2 Å². The molecule has 2 heteroatoms. The van der Waals surface area contributed by atoms with Crippen LogP contribution in [0.25, 0.3) is 11.1 Å². The fourth-order valence-electron chi connectivity index (χ4n) is 2.28. The Bertz CT molecular complexity index is 580. The summed E-state index contributed by atoms with van der Waals surface area (Å²) in [6.45, 7) is 8.71. The molecular weight excluding hydrogens is 232 g/mol. The number of hydrogen-bond donors (Lipinski definition) is 1. The number of benzene rings is 1. The maximum Gasteiger partial charge on any atom is 0.131 e. The van der Waals surface area contributed by atoms with Crippen LogP contribution in [0.2, 0.25) is 0 Å². The van der Waals surface area contributed by atoms with E-state index in [4.69, 9.17) is 5.73 Å². The van der Waals surface area contributed by atoms with Crippen LogP contribution in [0.1, 0.15) is 32.0 Å². The molecule has 0 aliphatic heterocycles. The first-order valence-electron chi connectivity index (χ1n) is 6.68. The number of nitrogen functional groups attached to an aromatic ring is 1. The number of anilines is 1. The molecule has 0 spiro atoms. The van der Waals surface area contributed by atoms with Crippen molar-refractivity contribution in [1.29, 1.82) is 0 Å². The largest absolute Gasteiger partial charge is 0.383 e. The average molecular weight is 254 g/mol. The molecule has 1 heterocycles.